The first kappa shape index (κ1) is 22.0. The Balaban J connectivity index is 1.45. The van der Waals surface area contributed by atoms with Crippen LogP contribution in [0.5, 0.6) is 5.75 Å². The number of aryl methyl sites for hydroxylation is 2. The minimum atomic E-state index is 0.0610. The van der Waals surface area contributed by atoms with Crippen molar-refractivity contribution < 1.29 is 9.53 Å². The van der Waals surface area contributed by atoms with Crippen molar-refractivity contribution in [2.45, 2.75) is 47.0 Å². The molecule has 0 saturated carbocycles. The molecule has 0 N–H and O–H groups in total. The maximum Gasteiger partial charge on any atom is 0.244 e. The van der Waals surface area contributed by atoms with Crippen molar-refractivity contribution in [3.05, 3.63) is 76.9 Å². The van der Waals surface area contributed by atoms with E-state index < -0.39 is 0 Å². The highest BCUT2D eigenvalue weighted by atomic mass is 16.5. The van der Waals surface area contributed by atoms with E-state index >= 15 is 0 Å². The Bertz CT molecular complexity index is 1060. The molecule has 0 bridgehead atoms. The number of fused-ring (bicyclic) bond motifs is 1. The number of carbonyl (C=O) groups excluding carboxylic acids is 1. The standard InChI is InChI=1S/C25H31N5O2/c1-4-28(15-21-7-9-26-10-8-21)16-22-5-6-24-23(14-22)17-29(11-12-32-24)25(31)18-30-20(3)13-19(2)27-30/h5-10,13-14H,4,11-12,15-18H2,1-3H3. The predicted octanol–water partition coefficient (Wildman–Crippen LogP) is 3.34. The highest BCUT2D eigenvalue weighted by Gasteiger charge is 2.21. The largest absolute Gasteiger partial charge is 0.491 e. The molecule has 1 aliphatic rings. The zero-order chi connectivity index (χ0) is 22.5. The van der Waals surface area contributed by atoms with Gasteiger partial charge in [0.2, 0.25) is 5.91 Å². The first-order chi connectivity index (χ1) is 15.5. The topological polar surface area (TPSA) is 63.5 Å². The van der Waals surface area contributed by atoms with Gasteiger partial charge >= 0.3 is 0 Å². The van der Waals surface area contributed by atoms with Crippen LogP contribution < -0.4 is 4.74 Å². The Labute approximate surface area is 189 Å². The lowest BCUT2D eigenvalue weighted by Crippen LogP contribution is -2.35. The highest BCUT2D eigenvalue weighted by Crippen LogP contribution is 2.25. The number of benzene rings is 1. The molecule has 7 heteroatoms. The van der Waals surface area contributed by atoms with Gasteiger partial charge in [0.15, 0.2) is 0 Å². The van der Waals surface area contributed by atoms with Crippen LogP contribution in [0.2, 0.25) is 0 Å². The second-order valence-electron chi connectivity index (χ2n) is 8.35. The normalized spacial score (nSPS) is 13.6. The molecule has 1 aromatic carbocycles. The molecule has 3 aromatic rings. The molecule has 0 unspecified atom stereocenters. The second kappa shape index (κ2) is 9.96. The minimum absolute atomic E-state index is 0.0610. The molecule has 0 atom stereocenters. The van der Waals surface area contributed by atoms with E-state index in [0.29, 0.717) is 19.7 Å². The maximum atomic E-state index is 13.0. The fourth-order valence-corrected chi connectivity index (χ4v) is 4.11. The van der Waals surface area contributed by atoms with E-state index in [9.17, 15) is 4.79 Å². The molecule has 168 valence electrons. The summed E-state index contributed by atoms with van der Waals surface area (Å²) >= 11 is 0. The van der Waals surface area contributed by atoms with Gasteiger partial charge in [-0.2, -0.15) is 5.10 Å². The SMILES string of the molecule is CCN(Cc1ccncc1)Cc1ccc2c(c1)CN(C(=O)Cn1nc(C)cc1C)CCO2. The summed E-state index contributed by atoms with van der Waals surface area (Å²) in [4.78, 5) is 21.4. The fourth-order valence-electron chi connectivity index (χ4n) is 4.11. The molecule has 0 saturated heterocycles. The zero-order valence-electron chi connectivity index (χ0n) is 19.1. The van der Waals surface area contributed by atoms with Crippen molar-refractivity contribution in [2.75, 3.05) is 19.7 Å². The number of pyridine rings is 1. The van der Waals surface area contributed by atoms with Gasteiger partial charge in [-0.25, -0.2) is 0 Å². The molecule has 1 aliphatic heterocycles. The first-order valence-electron chi connectivity index (χ1n) is 11.2. The van der Waals surface area contributed by atoms with Gasteiger partial charge in [0, 0.05) is 43.3 Å². The van der Waals surface area contributed by atoms with Gasteiger partial charge in [-0.3, -0.25) is 19.4 Å². The molecule has 0 aliphatic carbocycles. The van der Waals surface area contributed by atoms with E-state index in [1.54, 1.807) is 4.68 Å². The van der Waals surface area contributed by atoms with Crippen LogP contribution in [0.1, 0.15) is 35.0 Å². The average molecular weight is 434 g/mol. The van der Waals surface area contributed by atoms with Crippen LogP contribution in [0.25, 0.3) is 0 Å². The minimum Gasteiger partial charge on any atom is -0.491 e. The summed E-state index contributed by atoms with van der Waals surface area (Å²) in [7, 11) is 0. The van der Waals surface area contributed by atoms with Crippen LogP contribution in [0.3, 0.4) is 0 Å². The maximum absolute atomic E-state index is 13.0. The Morgan fingerprint density at radius 1 is 1.09 bits per heavy atom. The zero-order valence-corrected chi connectivity index (χ0v) is 19.1. The fraction of sp³-hybridized carbons (Fsp3) is 0.400. The number of carbonyl (C=O) groups is 1. The summed E-state index contributed by atoms with van der Waals surface area (Å²) in [6.07, 6.45) is 3.67. The molecule has 2 aromatic heterocycles. The smallest absolute Gasteiger partial charge is 0.244 e. The van der Waals surface area contributed by atoms with Gasteiger partial charge in [-0.15, -0.1) is 0 Å². The summed E-state index contributed by atoms with van der Waals surface area (Å²) in [5.74, 6) is 0.929. The molecular weight excluding hydrogens is 402 g/mol. The molecule has 7 nitrogen and oxygen atoms in total. The number of ether oxygens (including phenoxy) is 1. The predicted molar refractivity (Wildman–Crippen MR) is 123 cm³/mol. The van der Waals surface area contributed by atoms with Crippen LogP contribution in [-0.4, -0.2) is 50.2 Å². The van der Waals surface area contributed by atoms with Gasteiger partial charge in [-0.05, 0) is 61.9 Å². The van der Waals surface area contributed by atoms with E-state index in [0.717, 1.165) is 42.3 Å². The van der Waals surface area contributed by atoms with Crippen molar-refractivity contribution in [1.29, 1.82) is 0 Å². The van der Waals surface area contributed by atoms with Crippen molar-refractivity contribution in [2.24, 2.45) is 0 Å². The lowest BCUT2D eigenvalue weighted by atomic mass is 10.1. The third-order valence-corrected chi connectivity index (χ3v) is 5.85. The van der Waals surface area contributed by atoms with Gasteiger partial charge in [0.25, 0.3) is 0 Å². The molecule has 3 heterocycles. The summed E-state index contributed by atoms with van der Waals surface area (Å²) in [6.45, 7) is 10.6. The molecule has 1 amide bonds. The summed E-state index contributed by atoms with van der Waals surface area (Å²) < 4.78 is 7.73. The van der Waals surface area contributed by atoms with Crippen molar-refractivity contribution in [1.82, 2.24) is 24.6 Å². The Morgan fingerprint density at radius 2 is 1.88 bits per heavy atom. The second-order valence-corrected chi connectivity index (χ2v) is 8.35. The first-order valence-corrected chi connectivity index (χ1v) is 11.2. The Hall–Kier alpha value is -3.19. The number of aromatic nitrogens is 3. The van der Waals surface area contributed by atoms with Crippen LogP contribution in [0.4, 0.5) is 0 Å². The molecular formula is C25H31N5O2. The van der Waals surface area contributed by atoms with Crippen molar-refractivity contribution in [3.63, 3.8) is 0 Å². The van der Waals surface area contributed by atoms with E-state index in [1.165, 1.54) is 11.1 Å². The number of rotatable bonds is 7. The van der Waals surface area contributed by atoms with Crippen LogP contribution >= 0.6 is 0 Å². The van der Waals surface area contributed by atoms with E-state index in [4.69, 9.17) is 4.74 Å². The summed E-state index contributed by atoms with van der Waals surface area (Å²) in [6, 6.07) is 12.5. The summed E-state index contributed by atoms with van der Waals surface area (Å²) in [5.41, 5.74) is 5.45. The lowest BCUT2D eigenvalue weighted by molar-refractivity contribution is -0.132. The van der Waals surface area contributed by atoms with Gasteiger partial charge in [-0.1, -0.05) is 13.0 Å². The number of amides is 1. The van der Waals surface area contributed by atoms with Crippen molar-refractivity contribution in [3.8, 4) is 5.75 Å². The van der Waals surface area contributed by atoms with Crippen LogP contribution in [-0.2, 0) is 31.0 Å². The Morgan fingerprint density at radius 3 is 2.59 bits per heavy atom. The third-order valence-electron chi connectivity index (χ3n) is 5.85. The van der Waals surface area contributed by atoms with Gasteiger partial charge in [0.05, 0.1) is 12.2 Å². The monoisotopic (exact) mass is 433 g/mol. The Kier molecular flexibility index (Phi) is 6.85. The van der Waals surface area contributed by atoms with Gasteiger partial charge in [0.1, 0.15) is 18.9 Å². The number of hydrogen-bond donors (Lipinski definition) is 0. The van der Waals surface area contributed by atoms with E-state index in [1.807, 2.05) is 43.3 Å². The molecule has 4 rings (SSSR count). The van der Waals surface area contributed by atoms with Crippen LogP contribution in [0.15, 0.2) is 48.8 Å². The molecule has 0 radical (unpaired) electrons. The highest BCUT2D eigenvalue weighted by molar-refractivity contribution is 5.76. The van der Waals surface area contributed by atoms with E-state index in [2.05, 4.69) is 46.2 Å². The third kappa shape index (κ3) is 5.34. The molecule has 0 spiro atoms. The lowest BCUT2D eigenvalue weighted by Gasteiger charge is -2.22. The van der Waals surface area contributed by atoms with E-state index in [-0.39, 0.29) is 12.5 Å². The summed E-state index contributed by atoms with van der Waals surface area (Å²) in [5, 5.41) is 4.43. The quantitative estimate of drug-likeness (QED) is 0.572. The molecule has 0 fully saturated rings. The number of hydrogen-bond acceptors (Lipinski definition) is 5. The van der Waals surface area contributed by atoms with Gasteiger partial charge < -0.3 is 9.64 Å². The van der Waals surface area contributed by atoms with Crippen molar-refractivity contribution >= 4 is 5.91 Å². The van der Waals surface area contributed by atoms with Crippen LogP contribution in [0, 0.1) is 13.8 Å². The average Bonchev–Trinajstić information content (AvgIpc) is 2.98. The number of nitrogens with zero attached hydrogens (tertiary/aromatic N) is 5. The molecule has 32 heavy (non-hydrogen) atoms.